The molecule has 0 saturated heterocycles. The SMILES string of the molecule is COc1cc(-c2ccc[nH]2)[nH]c1/C=C1\C=CC(CCCCCCF)=N1. The third-order valence-corrected chi connectivity index (χ3v) is 4.25. The predicted octanol–water partition coefficient (Wildman–Crippen LogP) is 5.29. The van der Waals surface area contributed by atoms with Crippen molar-refractivity contribution < 1.29 is 9.13 Å². The van der Waals surface area contributed by atoms with Gasteiger partial charge in [0.2, 0.25) is 0 Å². The molecule has 2 N–H and O–H groups in total. The lowest BCUT2D eigenvalue weighted by Crippen LogP contribution is -1.90. The summed E-state index contributed by atoms with van der Waals surface area (Å²) in [6.45, 7) is -0.212. The van der Waals surface area contributed by atoms with E-state index in [-0.39, 0.29) is 6.67 Å². The molecule has 2 aromatic heterocycles. The summed E-state index contributed by atoms with van der Waals surface area (Å²) < 4.78 is 17.5. The molecule has 0 unspecified atom stereocenters. The lowest BCUT2D eigenvalue weighted by Gasteiger charge is -1.99. The van der Waals surface area contributed by atoms with Crippen molar-refractivity contribution in [3.63, 3.8) is 0 Å². The number of ether oxygens (including phenoxy) is 1. The molecule has 5 heteroatoms. The van der Waals surface area contributed by atoms with Crippen LogP contribution in [0.2, 0.25) is 0 Å². The molecule has 3 rings (SSSR count). The molecule has 132 valence electrons. The zero-order chi connectivity index (χ0) is 17.5. The first-order valence-corrected chi connectivity index (χ1v) is 8.74. The maximum Gasteiger partial charge on any atom is 0.144 e. The third-order valence-electron chi connectivity index (χ3n) is 4.25. The molecule has 0 aromatic carbocycles. The fourth-order valence-electron chi connectivity index (χ4n) is 2.91. The minimum Gasteiger partial charge on any atom is -0.494 e. The van der Waals surface area contributed by atoms with E-state index in [1.54, 1.807) is 7.11 Å². The Morgan fingerprint density at radius 1 is 1.16 bits per heavy atom. The van der Waals surface area contributed by atoms with Crippen molar-refractivity contribution in [1.82, 2.24) is 9.97 Å². The number of allylic oxidation sites excluding steroid dienone is 2. The van der Waals surface area contributed by atoms with Gasteiger partial charge in [0.15, 0.2) is 0 Å². The number of aromatic nitrogens is 2. The van der Waals surface area contributed by atoms with Gasteiger partial charge in [-0.3, -0.25) is 9.38 Å². The second kappa shape index (κ2) is 8.51. The van der Waals surface area contributed by atoms with Crippen LogP contribution in [0.25, 0.3) is 17.5 Å². The van der Waals surface area contributed by atoms with Crippen LogP contribution in [-0.2, 0) is 0 Å². The molecule has 0 fully saturated rings. The first kappa shape index (κ1) is 17.3. The average Bonchev–Trinajstić information content (AvgIpc) is 3.35. The lowest BCUT2D eigenvalue weighted by molar-refractivity contribution is 0.414. The van der Waals surface area contributed by atoms with Crippen molar-refractivity contribution in [3.05, 3.63) is 47.9 Å². The zero-order valence-electron chi connectivity index (χ0n) is 14.5. The Labute approximate surface area is 147 Å². The van der Waals surface area contributed by atoms with E-state index in [0.29, 0.717) is 6.42 Å². The highest BCUT2D eigenvalue weighted by Crippen LogP contribution is 2.29. The van der Waals surface area contributed by atoms with E-state index in [9.17, 15) is 4.39 Å². The van der Waals surface area contributed by atoms with Gasteiger partial charge >= 0.3 is 0 Å². The van der Waals surface area contributed by atoms with Gasteiger partial charge in [-0.2, -0.15) is 0 Å². The van der Waals surface area contributed by atoms with E-state index < -0.39 is 0 Å². The molecule has 0 radical (unpaired) electrons. The normalized spacial score (nSPS) is 15.1. The second-order valence-corrected chi connectivity index (χ2v) is 6.11. The Kier molecular flexibility index (Phi) is 5.88. The molecule has 0 aliphatic carbocycles. The van der Waals surface area contributed by atoms with Crippen LogP contribution in [0, 0.1) is 0 Å². The second-order valence-electron chi connectivity index (χ2n) is 6.11. The summed E-state index contributed by atoms with van der Waals surface area (Å²) in [7, 11) is 1.67. The number of aliphatic imine (C=N–C) groups is 1. The summed E-state index contributed by atoms with van der Waals surface area (Å²) >= 11 is 0. The number of rotatable bonds is 9. The van der Waals surface area contributed by atoms with Crippen LogP contribution in [-0.4, -0.2) is 29.5 Å². The molecule has 25 heavy (non-hydrogen) atoms. The van der Waals surface area contributed by atoms with Crippen LogP contribution in [0.3, 0.4) is 0 Å². The van der Waals surface area contributed by atoms with Crippen LogP contribution in [0.1, 0.15) is 37.8 Å². The number of halogens is 1. The van der Waals surface area contributed by atoms with Crippen LogP contribution in [0.4, 0.5) is 4.39 Å². The molecule has 3 heterocycles. The van der Waals surface area contributed by atoms with Crippen molar-refractivity contribution in [2.75, 3.05) is 13.8 Å². The fourth-order valence-corrected chi connectivity index (χ4v) is 2.91. The van der Waals surface area contributed by atoms with Gasteiger partial charge < -0.3 is 14.7 Å². The molecule has 1 aliphatic heterocycles. The van der Waals surface area contributed by atoms with E-state index in [4.69, 9.17) is 4.74 Å². The fraction of sp³-hybridized carbons (Fsp3) is 0.350. The number of nitrogens with one attached hydrogen (secondary N) is 2. The van der Waals surface area contributed by atoms with Crippen LogP contribution in [0.5, 0.6) is 5.75 Å². The first-order chi connectivity index (χ1) is 12.3. The van der Waals surface area contributed by atoms with Gasteiger partial charge in [-0.1, -0.05) is 12.8 Å². The Bertz CT molecular complexity index is 769. The molecule has 0 spiro atoms. The highest BCUT2D eigenvalue weighted by Gasteiger charge is 2.11. The Hall–Kier alpha value is -2.56. The lowest BCUT2D eigenvalue weighted by atomic mass is 10.1. The Morgan fingerprint density at radius 3 is 2.80 bits per heavy atom. The smallest absolute Gasteiger partial charge is 0.144 e. The number of alkyl halides is 1. The van der Waals surface area contributed by atoms with Crippen molar-refractivity contribution in [3.8, 4) is 17.1 Å². The molecule has 1 aliphatic rings. The molecule has 2 aromatic rings. The topological polar surface area (TPSA) is 53.2 Å². The van der Waals surface area contributed by atoms with Gasteiger partial charge in [-0.05, 0) is 49.6 Å². The minimum absolute atomic E-state index is 0.212. The number of hydrogen-bond donors (Lipinski definition) is 2. The standard InChI is InChI=1S/C20H24FN3O/c1-25-20-14-18(17-8-6-12-22-17)24-19(20)13-16-10-9-15(23-16)7-4-2-3-5-11-21/h6,8-10,12-14,22,24H,2-5,7,11H2,1H3/b16-13+. The maximum absolute atomic E-state index is 12.1. The average molecular weight is 341 g/mol. The van der Waals surface area contributed by atoms with Gasteiger partial charge in [-0.15, -0.1) is 0 Å². The number of unbranched alkanes of at least 4 members (excludes halogenated alkanes) is 3. The number of methoxy groups -OCH3 is 1. The van der Waals surface area contributed by atoms with Gasteiger partial charge in [0.25, 0.3) is 0 Å². The van der Waals surface area contributed by atoms with Crippen molar-refractivity contribution in [2.45, 2.75) is 32.1 Å². The van der Waals surface area contributed by atoms with Gasteiger partial charge in [0.05, 0.1) is 36.6 Å². The summed E-state index contributed by atoms with van der Waals surface area (Å²) in [5.41, 5.74) is 4.90. The number of nitrogens with zero attached hydrogens (tertiary/aromatic N) is 1. The summed E-state index contributed by atoms with van der Waals surface area (Å²) in [6, 6.07) is 5.95. The molecular weight excluding hydrogens is 317 g/mol. The Balaban J connectivity index is 1.66. The number of aromatic amines is 2. The quantitative estimate of drug-likeness (QED) is 0.598. The van der Waals surface area contributed by atoms with Gasteiger partial charge in [-0.25, -0.2) is 0 Å². The monoisotopic (exact) mass is 341 g/mol. The minimum atomic E-state index is -0.212. The first-order valence-electron chi connectivity index (χ1n) is 8.74. The van der Waals surface area contributed by atoms with Crippen LogP contribution < -0.4 is 4.74 Å². The van der Waals surface area contributed by atoms with E-state index in [2.05, 4.69) is 21.0 Å². The molecular formula is C20H24FN3O. The van der Waals surface area contributed by atoms with Crippen molar-refractivity contribution >= 4 is 11.8 Å². The Morgan fingerprint density at radius 2 is 2.04 bits per heavy atom. The summed E-state index contributed by atoms with van der Waals surface area (Å²) in [5.74, 6) is 0.792. The predicted molar refractivity (Wildman–Crippen MR) is 101 cm³/mol. The molecule has 4 nitrogen and oxygen atoms in total. The molecule has 0 amide bonds. The summed E-state index contributed by atoms with van der Waals surface area (Å²) in [4.78, 5) is 11.2. The van der Waals surface area contributed by atoms with Crippen LogP contribution in [0.15, 0.2) is 47.2 Å². The van der Waals surface area contributed by atoms with Gasteiger partial charge in [0.1, 0.15) is 5.75 Å². The molecule has 0 saturated carbocycles. The zero-order valence-corrected chi connectivity index (χ0v) is 14.5. The van der Waals surface area contributed by atoms with Crippen LogP contribution >= 0.6 is 0 Å². The summed E-state index contributed by atoms with van der Waals surface area (Å²) in [5, 5.41) is 0. The molecule has 0 bridgehead atoms. The summed E-state index contributed by atoms with van der Waals surface area (Å²) in [6.07, 6.45) is 12.6. The van der Waals surface area contributed by atoms with Crippen molar-refractivity contribution in [1.29, 1.82) is 0 Å². The highest BCUT2D eigenvalue weighted by molar-refractivity contribution is 5.99. The number of H-pyrrole nitrogens is 2. The largest absolute Gasteiger partial charge is 0.494 e. The van der Waals surface area contributed by atoms with Gasteiger partial charge in [0, 0.05) is 18.0 Å². The van der Waals surface area contributed by atoms with Crippen molar-refractivity contribution in [2.24, 2.45) is 4.99 Å². The van der Waals surface area contributed by atoms with E-state index in [1.165, 1.54) is 0 Å². The van der Waals surface area contributed by atoms with E-state index in [0.717, 1.165) is 59.9 Å². The number of hydrogen-bond acceptors (Lipinski definition) is 2. The van der Waals surface area contributed by atoms with E-state index in [1.807, 2.05) is 36.5 Å². The molecule has 0 atom stereocenters. The maximum atomic E-state index is 12.1. The highest BCUT2D eigenvalue weighted by atomic mass is 19.1. The third kappa shape index (κ3) is 4.50. The van der Waals surface area contributed by atoms with E-state index >= 15 is 0 Å².